The second-order valence-corrected chi connectivity index (χ2v) is 13.9. The topological polar surface area (TPSA) is 131 Å². The molecular weight excluding hydrogens is 674 g/mol. The molecule has 3 N–H and O–H groups in total. The Balaban J connectivity index is 0.000000934. The van der Waals surface area contributed by atoms with E-state index in [9.17, 15) is 18.0 Å². The highest BCUT2D eigenvalue weighted by Crippen LogP contribution is 2.63. The Morgan fingerprint density at radius 3 is 1.51 bits per heavy atom. The minimum atomic E-state index is -4.69. The van der Waals surface area contributed by atoms with E-state index in [0.717, 1.165) is 34.1 Å². The molecule has 4 aromatic rings. The molecule has 0 aromatic heterocycles. The van der Waals surface area contributed by atoms with Crippen molar-refractivity contribution in [3.8, 4) is 0 Å². The fourth-order valence-corrected chi connectivity index (χ4v) is 9.18. The van der Waals surface area contributed by atoms with Gasteiger partial charge in [0.2, 0.25) is 5.44 Å². The minimum Gasteiger partial charge on any atom is -0.306 e. The number of urea groups is 1. The highest BCUT2D eigenvalue weighted by molar-refractivity contribution is 7.99. The van der Waals surface area contributed by atoms with Crippen molar-refractivity contribution >= 4 is 69.7 Å². The van der Waals surface area contributed by atoms with Crippen molar-refractivity contribution in [3.05, 3.63) is 130 Å². The summed E-state index contributed by atoms with van der Waals surface area (Å²) in [5.41, 5.74) is -0.958. The smallest absolute Gasteiger partial charge is 0.306 e. The number of hydrogen-bond donors (Lipinski definition) is 3. The monoisotopic (exact) mass is 693 g/mol. The first kappa shape index (κ1) is 34.6. The second-order valence-electron chi connectivity index (χ2n) is 8.45. The first-order valence-corrected chi connectivity index (χ1v) is 16.0. The molecule has 0 saturated carbocycles. The van der Waals surface area contributed by atoms with Gasteiger partial charge in [0.05, 0.1) is 31.2 Å². The third-order valence-electron chi connectivity index (χ3n) is 5.72. The Bertz CT molecular complexity index is 1450. The van der Waals surface area contributed by atoms with Crippen molar-refractivity contribution in [1.29, 1.82) is 0 Å². The lowest BCUT2D eigenvalue weighted by atomic mass is 10.2. The molecule has 15 heteroatoms. The van der Waals surface area contributed by atoms with Gasteiger partial charge < -0.3 is 5.32 Å². The highest BCUT2D eigenvalue weighted by atomic mass is 35.7. The third kappa shape index (κ3) is 9.30. The molecule has 0 heterocycles. The minimum absolute atomic E-state index is 0.0640. The molecule has 2 amide bonds. The molecule has 7 nitrogen and oxygen atoms in total. The Kier molecular flexibility index (Phi) is 11.8. The number of rotatable bonds is 6. The predicted molar refractivity (Wildman–Crippen MR) is 155 cm³/mol. The van der Waals surface area contributed by atoms with Crippen molar-refractivity contribution in [2.75, 3.05) is 5.32 Å². The molecule has 0 radical (unpaired) electrons. The van der Waals surface area contributed by atoms with Crippen LogP contribution in [0.2, 0.25) is 5.02 Å². The quantitative estimate of drug-likeness (QED) is 0.263. The number of carbonyl (C=O) groups excluding carboxylic acids is 1. The van der Waals surface area contributed by atoms with Gasteiger partial charge in [0.25, 0.3) is 0 Å². The van der Waals surface area contributed by atoms with Crippen molar-refractivity contribution in [3.63, 3.8) is 0 Å². The molecule has 4 aromatic carbocycles. The molecule has 226 valence electrons. The summed E-state index contributed by atoms with van der Waals surface area (Å²) in [5, 5.41) is 7.67. The highest BCUT2D eigenvalue weighted by Gasteiger charge is 2.52. The number of hydrogen-bond acceptors (Lipinski definition) is 5. The maximum Gasteiger partial charge on any atom is 0.416 e. The standard InChI is InChI=1S/C28H19Cl3F3N2OP.ClHO4/c29-23-17-16-19(28(32,33)34)18-24(23)35-27(37)36-26(25(30)31)38(20-10-4-1-5-11-20,21-12-6-2-7-13-21)22-14-8-3-9-15-22;2-1(3,4)5/h1-18H,(H-,35,36,37);(H,2,3,4,5)/p+1. The molecule has 43 heavy (non-hydrogen) atoms. The van der Waals surface area contributed by atoms with Crippen LogP contribution in [0.5, 0.6) is 0 Å². The number of anilines is 1. The number of alkyl halides is 3. The Morgan fingerprint density at radius 2 is 1.16 bits per heavy atom. The summed E-state index contributed by atoms with van der Waals surface area (Å²) in [6, 6.07) is 30.2. The summed E-state index contributed by atoms with van der Waals surface area (Å²) >= 11 is 19.1. The number of halogens is 7. The maximum atomic E-state index is 13.3. The van der Waals surface area contributed by atoms with E-state index in [-0.39, 0.29) is 20.6 Å². The summed E-state index contributed by atoms with van der Waals surface area (Å²) in [6.07, 6.45) is -4.61. The van der Waals surface area contributed by atoms with Gasteiger partial charge in [0.1, 0.15) is 15.9 Å². The molecule has 0 spiro atoms. The summed E-state index contributed by atoms with van der Waals surface area (Å²) in [7, 11) is -7.59. The Labute approximate surface area is 262 Å². The average Bonchev–Trinajstić information content (AvgIpc) is 2.94. The zero-order valence-corrected chi connectivity index (χ0v) is 25.5. The number of amides is 2. The van der Waals surface area contributed by atoms with Gasteiger partial charge in [-0.25, -0.2) is 4.79 Å². The molecule has 4 rings (SSSR count). The van der Waals surface area contributed by atoms with Gasteiger partial charge in [-0.15, -0.1) is 0 Å². The zero-order valence-electron chi connectivity index (χ0n) is 21.6. The predicted octanol–water partition coefficient (Wildman–Crippen LogP) is 3.95. The van der Waals surface area contributed by atoms with Crippen LogP contribution < -0.4 is 40.5 Å². The van der Waals surface area contributed by atoms with E-state index in [1.54, 1.807) is 0 Å². The fourth-order valence-electron chi connectivity index (χ4n) is 4.11. The van der Waals surface area contributed by atoms with E-state index in [1.165, 1.54) is 0 Å². The molecule has 0 bridgehead atoms. The van der Waals surface area contributed by atoms with Crippen molar-refractivity contribution in [2.45, 2.75) is 6.18 Å². The fraction of sp³-hybridized carbons (Fsp3) is 0.0357. The first-order valence-electron chi connectivity index (χ1n) is 11.8. The van der Waals surface area contributed by atoms with E-state index >= 15 is 0 Å². The zero-order chi connectivity index (χ0) is 31.8. The number of nitrogens with one attached hydrogen (secondary N) is 2. The summed E-state index contributed by atoms with van der Waals surface area (Å²) in [4.78, 5) is 13.3. The van der Waals surface area contributed by atoms with E-state index in [0.29, 0.717) is 0 Å². The van der Waals surface area contributed by atoms with Gasteiger partial charge in [-0.1, -0.05) is 89.4 Å². The summed E-state index contributed by atoms with van der Waals surface area (Å²) in [6.45, 7) is 0. The van der Waals surface area contributed by atoms with Gasteiger partial charge in [-0.2, -0.15) is 27.1 Å². The normalized spacial score (nSPS) is 11.6. The van der Waals surface area contributed by atoms with Crippen LogP contribution in [0.4, 0.5) is 23.7 Å². The van der Waals surface area contributed by atoms with Crippen molar-refractivity contribution in [1.82, 2.24) is 5.32 Å². The number of benzene rings is 4. The largest absolute Gasteiger partial charge is 0.416 e. The SMILES string of the molecule is O=C(NC(=C(Cl)Cl)[P+](c1ccccc1)(c1ccccc1)c1ccccc1)Nc1cc(C(F)(F)F)ccc1Cl.[O-][Cl+3]([O-])([O-])O. The maximum absolute atomic E-state index is 13.3. The van der Waals surface area contributed by atoms with Gasteiger partial charge in [-0.05, 0) is 54.6 Å². The second kappa shape index (κ2) is 14.7. The Morgan fingerprint density at radius 1 is 0.767 bits per heavy atom. The van der Waals surface area contributed by atoms with Crippen LogP contribution in [0.1, 0.15) is 5.56 Å². The van der Waals surface area contributed by atoms with Crippen molar-refractivity contribution in [2.24, 2.45) is 0 Å². The lowest BCUT2D eigenvalue weighted by Gasteiger charge is -2.29. The number of carbonyl (C=O) groups is 1. The molecule has 0 aliphatic carbocycles. The van der Waals surface area contributed by atoms with E-state index < -0.39 is 35.3 Å². The van der Waals surface area contributed by atoms with E-state index in [2.05, 4.69) is 10.6 Å². The van der Waals surface area contributed by atoms with Crippen LogP contribution >= 0.6 is 42.1 Å². The Hall–Kier alpha value is -2.89. The summed E-state index contributed by atoms with van der Waals surface area (Å²) in [5.74, 6) is 0. The van der Waals surface area contributed by atoms with Gasteiger partial charge in [0, 0.05) is 0 Å². The lowest BCUT2D eigenvalue weighted by Crippen LogP contribution is -2.58. The van der Waals surface area contributed by atoms with Gasteiger partial charge in [-0.3, -0.25) is 5.32 Å². The van der Waals surface area contributed by atoms with Crippen LogP contribution in [-0.4, -0.2) is 10.7 Å². The molecule has 0 saturated heterocycles. The molecule has 0 atom stereocenters. The molecule has 0 fully saturated rings. The lowest BCUT2D eigenvalue weighted by molar-refractivity contribution is -1.92. The first-order chi connectivity index (χ1) is 20.1. The molecular formula is C28H21Cl4F3N2O5P+. The van der Waals surface area contributed by atoms with Crippen LogP contribution in [0, 0.1) is 10.2 Å². The van der Waals surface area contributed by atoms with E-state index in [1.807, 2.05) is 91.0 Å². The molecule has 0 unspecified atom stereocenters. The van der Waals surface area contributed by atoms with Crippen LogP contribution in [-0.2, 0) is 6.18 Å². The third-order valence-corrected chi connectivity index (χ3v) is 10.9. The summed E-state index contributed by atoms with van der Waals surface area (Å²) < 4.78 is 72.3. The van der Waals surface area contributed by atoms with Gasteiger partial charge >= 0.3 is 12.2 Å². The van der Waals surface area contributed by atoms with E-state index in [4.69, 9.17) is 53.4 Å². The molecule has 0 aliphatic rings. The van der Waals surface area contributed by atoms with Crippen LogP contribution in [0.3, 0.4) is 0 Å². The average molecular weight is 695 g/mol. The molecule has 0 aliphatic heterocycles. The van der Waals surface area contributed by atoms with Crippen LogP contribution in [0.25, 0.3) is 0 Å². The van der Waals surface area contributed by atoms with Crippen molar-refractivity contribution < 1.29 is 46.8 Å². The van der Waals surface area contributed by atoms with Gasteiger partial charge in [0.15, 0.2) is 11.8 Å². The van der Waals surface area contributed by atoms with Crippen LogP contribution in [0.15, 0.2) is 119 Å².